The Morgan fingerprint density at radius 3 is 2.38 bits per heavy atom. The smallest absolute Gasteiger partial charge is 0.237 e. The van der Waals surface area contributed by atoms with Gasteiger partial charge < -0.3 is 11.1 Å². The Bertz CT molecular complexity index is 266. The number of carbonyl (C=O) groups excluding carboxylic acids is 1. The first-order valence-electron chi connectivity index (χ1n) is 6.18. The third-order valence-corrected chi connectivity index (χ3v) is 3.53. The summed E-state index contributed by atoms with van der Waals surface area (Å²) in [7, 11) is 0. The van der Waals surface area contributed by atoms with Gasteiger partial charge in [-0.3, -0.25) is 4.79 Å². The third-order valence-electron chi connectivity index (χ3n) is 3.53. The predicted molar refractivity (Wildman–Crippen MR) is 67.0 cm³/mol. The Kier molecular flexibility index (Phi) is 3.68. The van der Waals surface area contributed by atoms with Gasteiger partial charge in [0.05, 0.1) is 6.04 Å². The second kappa shape index (κ2) is 4.36. The van der Waals surface area contributed by atoms with Crippen LogP contribution in [0.25, 0.3) is 0 Å². The zero-order valence-electron chi connectivity index (χ0n) is 11.3. The molecule has 3 nitrogen and oxygen atoms in total. The first kappa shape index (κ1) is 13.5. The van der Waals surface area contributed by atoms with Crippen LogP contribution < -0.4 is 11.1 Å². The van der Waals surface area contributed by atoms with Crippen molar-refractivity contribution in [3.63, 3.8) is 0 Å². The van der Waals surface area contributed by atoms with Crippen molar-refractivity contribution in [2.24, 2.45) is 16.6 Å². The van der Waals surface area contributed by atoms with E-state index >= 15 is 0 Å². The van der Waals surface area contributed by atoms with Crippen LogP contribution in [0.4, 0.5) is 0 Å². The zero-order valence-corrected chi connectivity index (χ0v) is 11.3. The minimum absolute atomic E-state index is 0.00444. The monoisotopic (exact) mass is 226 g/mol. The van der Waals surface area contributed by atoms with Crippen LogP contribution >= 0.6 is 0 Å². The lowest BCUT2D eigenvalue weighted by molar-refractivity contribution is -0.125. The lowest BCUT2D eigenvalue weighted by atomic mass is 9.86. The molecule has 0 heterocycles. The van der Waals surface area contributed by atoms with E-state index in [1.54, 1.807) is 0 Å². The largest absolute Gasteiger partial charge is 0.352 e. The van der Waals surface area contributed by atoms with Gasteiger partial charge in [-0.2, -0.15) is 0 Å². The van der Waals surface area contributed by atoms with E-state index < -0.39 is 6.04 Å². The summed E-state index contributed by atoms with van der Waals surface area (Å²) in [5.41, 5.74) is 6.12. The van der Waals surface area contributed by atoms with Gasteiger partial charge in [-0.1, -0.05) is 34.6 Å². The van der Waals surface area contributed by atoms with Crippen LogP contribution in [0.5, 0.6) is 0 Å². The molecule has 1 aliphatic carbocycles. The van der Waals surface area contributed by atoms with E-state index in [1.165, 1.54) is 6.42 Å². The molecule has 1 amide bonds. The van der Waals surface area contributed by atoms with E-state index in [0.717, 1.165) is 12.8 Å². The van der Waals surface area contributed by atoms with Crippen LogP contribution in [0.15, 0.2) is 0 Å². The first-order valence-corrected chi connectivity index (χ1v) is 6.18. The Labute approximate surface area is 99.2 Å². The molecule has 16 heavy (non-hydrogen) atoms. The third kappa shape index (κ3) is 3.48. The lowest BCUT2D eigenvalue weighted by Crippen LogP contribution is -2.51. The van der Waals surface area contributed by atoms with Crippen LogP contribution in [0.1, 0.15) is 53.9 Å². The van der Waals surface area contributed by atoms with E-state index in [2.05, 4.69) is 19.2 Å². The minimum Gasteiger partial charge on any atom is -0.352 e. The van der Waals surface area contributed by atoms with Gasteiger partial charge in [0.2, 0.25) is 5.91 Å². The highest BCUT2D eigenvalue weighted by molar-refractivity contribution is 5.82. The Morgan fingerprint density at radius 1 is 1.44 bits per heavy atom. The van der Waals surface area contributed by atoms with Crippen molar-refractivity contribution in [3.8, 4) is 0 Å². The normalized spacial score (nSPS) is 26.5. The maximum atomic E-state index is 11.9. The molecule has 94 valence electrons. The highest BCUT2D eigenvalue weighted by Crippen LogP contribution is 2.37. The zero-order chi connectivity index (χ0) is 12.6. The molecular weight excluding hydrogens is 200 g/mol. The van der Waals surface area contributed by atoms with Crippen LogP contribution in [-0.2, 0) is 4.79 Å². The highest BCUT2D eigenvalue weighted by Gasteiger charge is 2.34. The minimum atomic E-state index is -0.420. The fourth-order valence-corrected chi connectivity index (χ4v) is 2.24. The van der Waals surface area contributed by atoms with Crippen LogP contribution in [0.2, 0.25) is 0 Å². The summed E-state index contributed by atoms with van der Waals surface area (Å²) in [4.78, 5) is 11.9. The summed E-state index contributed by atoms with van der Waals surface area (Å²) in [6.07, 6.45) is 3.33. The number of nitrogens with two attached hydrogens (primary N) is 1. The van der Waals surface area contributed by atoms with Crippen molar-refractivity contribution < 1.29 is 4.79 Å². The molecule has 0 aromatic rings. The maximum absolute atomic E-state index is 11.9. The molecule has 1 unspecified atom stereocenters. The molecule has 3 heteroatoms. The van der Waals surface area contributed by atoms with Gasteiger partial charge in [0.25, 0.3) is 0 Å². The fraction of sp³-hybridized carbons (Fsp3) is 0.923. The Morgan fingerprint density at radius 2 is 2.00 bits per heavy atom. The summed E-state index contributed by atoms with van der Waals surface area (Å²) >= 11 is 0. The number of rotatable bonds is 2. The molecule has 0 aromatic carbocycles. The summed E-state index contributed by atoms with van der Waals surface area (Å²) in [5, 5.41) is 3.08. The summed E-state index contributed by atoms with van der Waals surface area (Å²) < 4.78 is 0. The molecule has 1 saturated carbocycles. The second-order valence-corrected chi connectivity index (χ2v) is 6.96. The average molecular weight is 226 g/mol. The molecule has 0 radical (unpaired) electrons. The Hall–Kier alpha value is -0.570. The first-order chi connectivity index (χ1) is 7.12. The molecule has 0 saturated heterocycles. The number of carbonyl (C=O) groups is 1. The van der Waals surface area contributed by atoms with Gasteiger partial charge in [0.15, 0.2) is 0 Å². The van der Waals surface area contributed by atoms with Crippen LogP contribution in [0.3, 0.4) is 0 Å². The molecule has 0 aromatic heterocycles. The summed E-state index contributed by atoms with van der Waals surface area (Å²) in [6, 6.07) is -0.105. The van der Waals surface area contributed by atoms with Crippen molar-refractivity contribution in [3.05, 3.63) is 0 Å². The summed E-state index contributed by atoms with van der Waals surface area (Å²) in [6.45, 7) is 10.5. The van der Waals surface area contributed by atoms with E-state index in [0.29, 0.717) is 11.5 Å². The molecule has 3 N–H and O–H groups in total. The van der Waals surface area contributed by atoms with E-state index in [9.17, 15) is 4.79 Å². The SMILES string of the molecule is CC1(C)CCC(NC(=O)[C@H](N)C(C)(C)C)C1. The molecule has 1 fully saturated rings. The average Bonchev–Trinajstić information content (AvgIpc) is 2.42. The topological polar surface area (TPSA) is 55.1 Å². The van der Waals surface area contributed by atoms with Crippen molar-refractivity contribution in [1.29, 1.82) is 0 Å². The number of hydrogen-bond acceptors (Lipinski definition) is 2. The molecule has 1 aliphatic rings. The van der Waals surface area contributed by atoms with E-state index in [1.807, 2.05) is 20.8 Å². The number of nitrogens with one attached hydrogen (secondary N) is 1. The standard InChI is InChI=1S/C13H26N2O/c1-12(2,3)10(14)11(16)15-9-6-7-13(4,5)8-9/h9-10H,6-8,14H2,1-5H3,(H,15,16)/t9?,10-/m0/s1. The second-order valence-electron chi connectivity index (χ2n) is 6.96. The van der Waals surface area contributed by atoms with E-state index in [-0.39, 0.29) is 11.3 Å². The van der Waals surface area contributed by atoms with Gasteiger partial charge in [-0.15, -0.1) is 0 Å². The van der Waals surface area contributed by atoms with Crippen molar-refractivity contribution >= 4 is 5.91 Å². The van der Waals surface area contributed by atoms with Gasteiger partial charge in [0.1, 0.15) is 0 Å². The quantitative estimate of drug-likeness (QED) is 0.757. The number of hydrogen-bond donors (Lipinski definition) is 2. The van der Waals surface area contributed by atoms with Crippen LogP contribution in [-0.4, -0.2) is 18.0 Å². The molecule has 0 bridgehead atoms. The lowest BCUT2D eigenvalue weighted by Gasteiger charge is -2.27. The fourth-order valence-electron chi connectivity index (χ4n) is 2.24. The Balaban J connectivity index is 2.47. The van der Waals surface area contributed by atoms with Gasteiger partial charge >= 0.3 is 0 Å². The molecular formula is C13H26N2O. The van der Waals surface area contributed by atoms with Gasteiger partial charge in [-0.25, -0.2) is 0 Å². The van der Waals surface area contributed by atoms with Crippen molar-refractivity contribution in [2.75, 3.05) is 0 Å². The molecule has 1 rings (SSSR count). The van der Waals surface area contributed by atoms with E-state index in [4.69, 9.17) is 5.73 Å². The van der Waals surface area contributed by atoms with Crippen LogP contribution in [0, 0.1) is 10.8 Å². The van der Waals surface area contributed by atoms with Crippen molar-refractivity contribution in [1.82, 2.24) is 5.32 Å². The molecule has 0 spiro atoms. The molecule has 2 atom stereocenters. The number of amides is 1. The van der Waals surface area contributed by atoms with Gasteiger partial charge in [0, 0.05) is 6.04 Å². The maximum Gasteiger partial charge on any atom is 0.237 e. The molecule has 0 aliphatic heterocycles. The van der Waals surface area contributed by atoms with Gasteiger partial charge in [-0.05, 0) is 30.1 Å². The predicted octanol–water partition coefficient (Wildman–Crippen LogP) is 2.05. The summed E-state index contributed by atoms with van der Waals surface area (Å²) in [5.74, 6) is -0.00444. The highest BCUT2D eigenvalue weighted by atomic mass is 16.2. The van der Waals surface area contributed by atoms with Crippen molar-refractivity contribution in [2.45, 2.75) is 66.0 Å².